The monoisotopic (exact) mass is 277 g/mol. The molecule has 0 aromatic heterocycles. The average molecular weight is 277 g/mol. The molecule has 0 aliphatic rings. The number of carbonyl (C=O) groups is 1. The molecule has 0 bridgehead atoms. The maximum Gasteiger partial charge on any atom is 0.337 e. The van der Waals surface area contributed by atoms with E-state index in [1.54, 1.807) is 18.2 Å². The van der Waals surface area contributed by atoms with Crippen molar-refractivity contribution in [2.24, 2.45) is 0 Å². The van der Waals surface area contributed by atoms with Gasteiger partial charge in [0.15, 0.2) is 0 Å². The van der Waals surface area contributed by atoms with E-state index in [-0.39, 0.29) is 5.56 Å². The summed E-state index contributed by atoms with van der Waals surface area (Å²) in [5, 5.41) is 14.7. The fourth-order valence-electron chi connectivity index (χ4n) is 2.48. The van der Waals surface area contributed by atoms with Crippen LogP contribution in [-0.4, -0.2) is 11.1 Å². The Balaban J connectivity index is 2.11. The van der Waals surface area contributed by atoms with Gasteiger partial charge in [-0.25, -0.2) is 4.79 Å². The van der Waals surface area contributed by atoms with E-state index in [1.807, 2.05) is 36.4 Å². The van der Waals surface area contributed by atoms with Gasteiger partial charge in [0.2, 0.25) is 0 Å². The summed E-state index contributed by atoms with van der Waals surface area (Å²) < 4.78 is 0. The Kier molecular flexibility index (Phi) is 3.32. The van der Waals surface area contributed by atoms with Gasteiger partial charge < -0.3 is 10.4 Å². The zero-order chi connectivity index (χ0) is 14.8. The van der Waals surface area contributed by atoms with E-state index in [0.717, 1.165) is 16.5 Å². The quantitative estimate of drug-likeness (QED) is 0.736. The highest BCUT2D eigenvalue weighted by Crippen LogP contribution is 2.29. The zero-order valence-corrected chi connectivity index (χ0v) is 11.6. The molecule has 21 heavy (non-hydrogen) atoms. The second-order valence-electron chi connectivity index (χ2n) is 4.95. The molecule has 3 aromatic rings. The molecular weight excluding hydrogens is 262 g/mol. The molecule has 0 heterocycles. The maximum atomic E-state index is 11.3. The van der Waals surface area contributed by atoms with Crippen LogP contribution in [0.15, 0.2) is 60.7 Å². The number of hydrogen-bond acceptors (Lipinski definition) is 2. The molecule has 3 nitrogen and oxygen atoms in total. The maximum absolute atomic E-state index is 11.3. The highest BCUT2D eigenvalue weighted by molar-refractivity contribution is 6.00. The van der Waals surface area contributed by atoms with Crippen molar-refractivity contribution in [1.82, 2.24) is 0 Å². The van der Waals surface area contributed by atoms with Crippen molar-refractivity contribution in [2.75, 3.05) is 5.32 Å². The number of fused-ring (bicyclic) bond motifs is 1. The molecule has 0 spiro atoms. The Morgan fingerprint density at radius 1 is 0.857 bits per heavy atom. The highest BCUT2D eigenvalue weighted by Gasteiger charge is 2.10. The summed E-state index contributed by atoms with van der Waals surface area (Å²) >= 11 is 0. The number of carboxylic acids is 1. The van der Waals surface area contributed by atoms with Crippen LogP contribution in [0.25, 0.3) is 10.8 Å². The first kappa shape index (κ1) is 13.2. The lowest BCUT2D eigenvalue weighted by molar-refractivity contribution is 0.0698. The summed E-state index contributed by atoms with van der Waals surface area (Å²) in [7, 11) is 0. The number of benzene rings is 3. The smallest absolute Gasteiger partial charge is 0.337 e. The van der Waals surface area contributed by atoms with Crippen molar-refractivity contribution in [2.45, 2.75) is 6.92 Å². The van der Waals surface area contributed by atoms with Crippen LogP contribution in [0.3, 0.4) is 0 Å². The summed E-state index contributed by atoms with van der Waals surface area (Å²) in [6.07, 6.45) is 0. The van der Waals surface area contributed by atoms with Crippen molar-refractivity contribution in [3.8, 4) is 0 Å². The molecule has 104 valence electrons. The van der Waals surface area contributed by atoms with Crippen LogP contribution in [0.5, 0.6) is 0 Å². The lowest BCUT2D eigenvalue weighted by atomic mass is 10.0. The van der Waals surface area contributed by atoms with Crippen LogP contribution in [0.1, 0.15) is 15.9 Å². The molecule has 0 amide bonds. The number of carboxylic acid groups (broad SMARTS) is 1. The van der Waals surface area contributed by atoms with E-state index < -0.39 is 5.97 Å². The van der Waals surface area contributed by atoms with Crippen LogP contribution in [-0.2, 0) is 0 Å². The van der Waals surface area contributed by atoms with Crippen molar-refractivity contribution in [3.63, 3.8) is 0 Å². The molecule has 0 aliphatic carbocycles. The SMILES string of the molecule is Cc1ccc(Nc2ccccc2C(=O)O)c2ccccc12. The molecule has 0 atom stereocenters. The van der Waals surface area contributed by atoms with Gasteiger partial charge in [-0.1, -0.05) is 42.5 Å². The minimum Gasteiger partial charge on any atom is -0.478 e. The number of aromatic carboxylic acids is 1. The Bertz CT molecular complexity index is 824. The van der Waals surface area contributed by atoms with Crippen LogP contribution < -0.4 is 5.32 Å². The zero-order valence-electron chi connectivity index (χ0n) is 11.6. The molecule has 0 radical (unpaired) electrons. The third kappa shape index (κ3) is 2.46. The number of hydrogen-bond donors (Lipinski definition) is 2. The van der Waals surface area contributed by atoms with Crippen LogP contribution >= 0.6 is 0 Å². The number of para-hydroxylation sites is 1. The lowest BCUT2D eigenvalue weighted by Crippen LogP contribution is -2.02. The normalized spacial score (nSPS) is 10.5. The summed E-state index contributed by atoms with van der Waals surface area (Å²) in [6.45, 7) is 2.07. The van der Waals surface area contributed by atoms with Gasteiger partial charge >= 0.3 is 5.97 Å². The van der Waals surface area contributed by atoms with Crippen LogP contribution in [0.4, 0.5) is 11.4 Å². The van der Waals surface area contributed by atoms with E-state index >= 15 is 0 Å². The molecule has 0 unspecified atom stereocenters. The van der Waals surface area contributed by atoms with Gasteiger partial charge in [-0.3, -0.25) is 0 Å². The van der Waals surface area contributed by atoms with E-state index in [9.17, 15) is 9.90 Å². The summed E-state index contributed by atoms with van der Waals surface area (Å²) in [5.41, 5.74) is 2.97. The van der Waals surface area contributed by atoms with Crippen molar-refractivity contribution in [1.29, 1.82) is 0 Å². The third-order valence-corrected chi connectivity index (χ3v) is 3.57. The van der Waals surface area contributed by atoms with Gasteiger partial charge in [0.25, 0.3) is 0 Å². The largest absolute Gasteiger partial charge is 0.478 e. The predicted molar refractivity (Wildman–Crippen MR) is 85.4 cm³/mol. The summed E-state index contributed by atoms with van der Waals surface area (Å²) in [6, 6.07) is 19.0. The molecule has 0 saturated heterocycles. The molecule has 0 saturated carbocycles. The van der Waals surface area contributed by atoms with E-state index in [2.05, 4.69) is 18.3 Å². The fraction of sp³-hybridized carbons (Fsp3) is 0.0556. The van der Waals surface area contributed by atoms with Gasteiger partial charge in [-0.05, 0) is 36.1 Å². The predicted octanol–water partition coefficient (Wildman–Crippen LogP) is 4.59. The number of rotatable bonds is 3. The molecule has 3 heteroatoms. The molecule has 0 fully saturated rings. The minimum atomic E-state index is -0.936. The van der Waals surface area contributed by atoms with Gasteiger partial charge in [-0.15, -0.1) is 0 Å². The van der Waals surface area contributed by atoms with Crippen molar-refractivity contribution >= 4 is 28.1 Å². The van der Waals surface area contributed by atoms with Crippen molar-refractivity contribution in [3.05, 3.63) is 71.8 Å². The molecule has 3 rings (SSSR count). The Hall–Kier alpha value is -2.81. The molecule has 2 N–H and O–H groups in total. The standard InChI is InChI=1S/C18H15NO2/c1-12-10-11-17(14-7-3-2-6-13(12)14)19-16-9-5-4-8-15(16)18(20)21/h2-11,19H,1H3,(H,20,21). The fourth-order valence-corrected chi connectivity index (χ4v) is 2.48. The first-order chi connectivity index (χ1) is 10.2. The Morgan fingerprint density at radius 3 is 2.29 bits per heavy atom. The topological polar surface area (TPSA) is 49.3 Å². The molecular formula is C18H15NO2. The lowest BCUT2D eigenvalue weighted by Gasteiger charge is -2.13. The third-order valence-electron chi connectivity index (χ3n) is 3.57. The second kappa shape index (κ2) is 5.29. The average Bonchev–Trinajstić information content (AvgIpc) is 2.51. The van der Waals surface area contributed by atoms with Crippen molar-refractivity contribution < 1.29 is 9.90 Å². The van der Waals surface area contributed by atoms with E-state index in [4.69, 9.17) is 0 Å². The Morgan fingerprint density at radius 2 is 1.52 bits per heavy atom. The van der Waals surface area contributed by atoms with Crippen LogP contribution in [0.2, 0.25) is 0 Å². The second-order valence-corrected chi connectivity index (χ2v) is 4.95. The van der Waals surface area contributed by atoms with Gasteiger partial charge in [0.05, 0.1) is 11.3 Å². The number of aryl methyl sites for hydroxylation is 1. The minimum absolute atomic E-state index is 0.266. The summed E-state index contributed by atoms with van der Waals surface area (Å²) in [4.78, 5) is 11.3. The molecule has 3 aromatic carbocycles. The Labute approximate surface area is 122 Å². The highest BCUT2D eigenvalue weighted by atomic mass is 16.4. The summed E-state index contributed by atoms with van der Waals surface area (Å²) in [5.74, 6) is -0.936. The van der Waals surface area contributed by atoms with Gasteiger partial charge in [-0.2, -0.15) is 0 Å². The number of anilines is 2. The molecule has 0 aliphatic heterocycles. The first-order valence-electron chi connectivity index (χ1n) is 6.74. The van der Waals surface area contributed by atoms with Gasteiger partial charge in [0, 0.05) is 11.1 Å². The van der Waals surface area contributed by atoms with Gasteiger partial charge in [0.1, 0.15) is 0 Å². The first-order valence-corrected chi connectivity index (χ1v) is 6.74. The van der Waals surface area contributed by atoms with E-state index in [1.165, 1.54) is 5.56 Å². The van der Waals surface area contributed by atoms with Crippen LogP contribution in [0, 0.1) is 6.92 Å². The number of nitrogens with one attached hydrogen (secondary N) is 1. The van der Waals surface area contributed by atoms with E-state index in [0.29, 0.717) is 5.69 Å².